The Morgan fingerprint density at radius 2 is 2.14 bits per heavy atom. The number of nitrogens with two attached hydrogens (primary N) is 1. The third-order valence-corrected chi connectivity index (χ3v) is 3.61. The topological polar surface area (TPSA) is 67.6 Å². The van der Waals surface area contributed by atoms with Crippen molar-refractivity contribution in [3.05, 3.63) is 18.2 Å². The number of anilines is 2. The highest BCUT2D eigenvalue weighted by molar-refractivity contribution is 5.95. The van der Waals surface area contributed by atoms with Gasteiger partial charge in [-0.25, -0.2) is 0 Å². The van der Waals surface area contributed by atoms with Crippen LogP contribution in [0.3, 0.4) is 0 Å². The first-order valence-corrected chi connectivity index (χ1v) is 7.45. The van der Waals surface area contributed by atoms with Gasteiger partial charge >= 0.3 is 0 Å². The van der Waals surface area contributed by atoms with Crippen molar-refractivity contribution in [3.63, 3.8) is 0 Å². The van der Waals surface area contributed by atoms with Crippen molar-refractivity contribution < 1.29 is 9.53 Å². The number of methoxy groups -OCH3 is 1. The molecule has 0 saturated heterocycles. The number of carbonyl (C=O) groups is 1. The molecule has 118 valence electrons. The zero-order valence-corrected chi connectivity index (χ0v) is 13.5. The lowest BCUT2D eigenvalue weighted by Gasteiger charge is -2.23. The van der Waals surface area contributed by atoms with E-state index in [1.54, 1.807) is 25.3 Å². The Bertz CT molecular complexity index is 463. The molecule has 0 radical (unpaired) electrons. The number of carbonyl (C=O) groups excluding carboxylic acids is 1. The van der Waals surface area contributed by atoms with Crippen molar-refractivity contribution >= 4 is 17.3 Å². The summed E-state index contributed by atoms with van der Waals surface area (Å²) in [6.45, 7) is 8.59. The quantitative estimate of drug-likeness (QED) is 0.723. The van der Waals surface area contributed by atoms with Crippen molar-refractivity contribution in [2.45, 2.75) is 27.2 Å². The van der Waals surface area contributed by atoms with Crippen molar-refractivity contribution in [1.29, 1.82) is 0 Å². The zero-order valence-electron chi connectivity index (χ0n) is 13.5. The van der Waals surface area contributed by atoms with E-state index in [4.69, 9.17) is 10.5 Å². The highest BCUT2D eigenvalue weighted by Gasteiger charge is 2.13. The molecule has 0 fully saturated rings. The van der Waals surface area contributed by atoms with E-state index in [0.717, 1.165) is 19.5 Å². The van der Waals surface area contributed by atoms with Gasteiger partial charge in [0.1, 0.15) is 5.75 Å². The van der Waals surface area contributed by atoms with Gasteiger partial charge in [0.15, 0.2) is 0 Å². The Kier molecular flexibility index (Phi) is 7.02. The maximum Gasteiger partial charge on any atom is 0.238 e. The zero-order chi connectivity index (χ0) is 15.8. The van der Waals surface area contributed by atoms with Crippen LogP contribution in [0.15, 0.2) is 18.2 Å². The van der Waals surface area contributed by atoms with E-state index in [-0.39, 0.29) is 5.91 Å². The second-order valence-corrected chi connectivity index (χ2v) is 5.34. The number of hydrogen-bond acceptors (Lipinski definition) is 4. The molecule has 0 spiro atoms. The number of amides is 1. The Morgan fingerprint density at radius 3 is 2.67 bits per heavy atom. The van der Waals surface area contributed by atoms with E-state index in [2.05, 4.69) is 31.0 Å². The average Bonchev–Trinajstić information content (AvgIpc) is 2.48. The number of benzene rings is 1. The van der Waals surface area contributed by atoms with Gasteiger partial charge < -0.3 is 15.8 Å². The molecule has 1 aromatic rings. The monoisotopic (exact) mass is 293 g/mol. The third kappa shape index (κ3) is 5.63. The molecular weight excluding hydrogens is 266 g/mol. The number of ether oxygens (including phenoxy) is 1. The largest absolute Gasteiger partial charge is 0.497 e. The van der Waals surface area contributed by atoms with Crippen LogP contribution in [0, 0.1) is 5.92 Å². The van der Waals surface area contributed by atoms with Crippen LogP contribution in [0.25, 0.3) is 0 Å². The van der Waals surface area contributed by atoms with Gasteiger partial charge in [-0.1, -0.05) is 27.2 Å². The van der Waals surface area contributed by atoms with Crippen molar-refractivity contribution in [3.8, 4) is 5.75 Å². The van der Waals surface area contributed by atoms with Crippen LogP contribution < -0.4 is 15.8 Å². The van der Waals surface area contributed by atoms with E-state index in [9.17, 15) is 4.79 Å². The Balaban J connectivity index is 2.60. The molecule has 1 unspecified atom stereocenters. The van der Waals surface area contributed by atoms with E-state index >= 15 is 0 Å². The van der Waals surface area contributed by atoms with Crippen LogP contribution in [0.5, 0.6) is 5.75 Å². The minimum Gasteiger partial charge on any atom is -0.497 e. The molecule has 1 rings (SSSR count). The van der Waals surface area contributed by atoms with Gasteiger partial charge in [-0.05, 0) is 24.6 Å². The van der Waals surface area contributed by atoms with E-state index < -0.39 is 0 Å². The number of nitrogens with one attached hydrogen (secondary N) is 1. The number of rotatable bonds is 8. The number of hydrogen-bond donors (Lipinski definition) is 2. The molecular formula is C16H27N3O2. The Morgan fingerprint density at radius 1 is 1.43 bits per heavy atom. The molecule has 5 heteroatoms. The van der Waals surface area contributed by atoms with Gasteiger partial charge in [0.05, 0.1) is 25.0 Å². The lowest BCUT2D eigenvalue weighted by molar-refractivity contribution is -0.117. The summed E-state index contributed by atoms with van der Waals surface area (Å²) in [5.74, 6) is 1.22. The summed E-state index contributed by atoms with van der Waals surface area (Å²) in [5.41, 5.74) is 7.03. The van der Waals surface area contributed by atoms with Crippen LogP contribution >= 0.6 is 0 Å². The van der Waals surface area contributed by atoms with Crippen molar-refractivity contribution in [2.75, 3.05) is 37.8 Å². The maximum absolute atomic E-state index is 12.1. The lowest BCUT2D eigenvalue weighted by Crippen LogP contribution is -2.36. The normalized spacial score (nSPS) is 12.2. The summed E-state index contributed by atoms with van der Waals surface area (Å²) in [6.07, 6.45) is 1.11. The molecule has 0 aliphatic rings. The standard InChI is InChI=1S/C16H27N3O2/c1-5-12(3)10-19(6-2)11-16(20)18-15-8-7-13(21-4)9-14(15)17/h7-9,12H,5-6,10-11,17H2,1-4H3,(H,18,20). The van der Waals surface area contributed by atoms with Crippen LogP contribution in [0.2, 0.25) is 0 Å². The molecule has 21 heavy (non-hydrogen) atoms. The van der Waals surface area contributed by atoms with Crippen molar-refractivity contribution in [2.24, 2.45) is 5.92 Å². The van der Waals surface area contributed by atoms with Gasteiger partial charge in [0, 0.05) is 12.6 Å². The van der Waals surface area contributed by atoms with Gasteiger partial charge in [0.2, 0.25) is 5.91 Å². The number of nitrogens with zero attached hydrogens (tertiary/aromatic N) is 1. The second-order valence-electron chi connectivity index (χ2n) is 5.34. The molecule has 1 amide bonds. The predicted octanol–water partition coefficient (Wildman–Crippen LogP) is 2.58. The van der Waals surface area contributed by atoms with Gasteiger partial charge in [-0.15, -0.1) is 0 Å². The fourth-order valence-electron chi connectivity index (χ4n) is 2.05. The van der Waals surface area contributed by atoms with Crippen LogP contribution in [0.1, 0.15) is 27.2 Å². The first-order valence-electron chi connectivity index (χ1n) is 7.45. The third-order valence-electron chi connectivity index (χ3n) is 3.61. The second kappa shape index (κ2) is 8.52. The minimum atomic E-state index is -0.0444. The molecule has 3 N–H and O–H groups in total. The maximum atomic E-state index is 12.1. The SMILES string of the molecule is CCC(C)CN(CC)CC(=O)Nc1ccc(OC)cc1N. The van der Waals surface area contributed by atoms with Gasteiger partial charge in [0.25, 0.3) is 0 Å². The molecule has 0 heterocycles. The van der Waals surface area contributed by atoms with E-state index in [0.29, 0.717) is 29.6 Å². The smallest absolute Gasteiger partial charge is 0.238 e. The molecule has 0 saturated carbocycles. The Hall–Kier alpha value is -1.75. The van der Waals surface area contributed by atoms with Gasteiger partial charge in [-0.2, -0.15) is 0 Å². The van der Waals surface area contributed by atoms with Crippen LogP contribution in [-0.2, 0) is 4.79 Å². The molecule has 1 aromatic carbocycles. The van der Waals surface area contributed by atoms with E-state index in [1.807, 2.05) is 0 Å². The fraction of sp³-hybridized carbons (Fsp3) is 0.562. The molecule has 0 aliphatic heterocycles. The number of nitrogen functional groups attached to an aromatic ring is 1. The fourth-order valence-corrected chi connectivity index (χ4v) is 2.05. The van der Waals surface area contributed by atoms with Crippen LogP contribution in [-0.4, -0.2) is 37.6 Å². The Labute approximate surface area is 127 Å². The molecule has 1 atom stereocenters. The minimum absolute atomic E-state index is 0.0444. The summed E-state index contributed by atoms with van der Waals surface area (Å²) >= 11 is 0. The molecule has 0 aromatic heterocycles. The highest BCUT2D eigenvalue weighted by atomic mass is 16.5. The van der Waals surface area contributed by atoms with Crippen LogP contribution in [0.4, 0.5) is 11.4 Å². The molecule has 0 aliphatic carbocycles. The summed E-state index contributed by atoms with van der Waals surface area (Å²) < 4.78 is 5.09. The van der Waals surface area contributed by atoms with Crippen molar-refractivity contribution in [1.82, 2.24) is 4.90 Å². The summed E-state index contributed by atoms with van der Waals surface area (Å²) in [7, 11) is 1.58. The summed E-state index contributed by atoms with van der Waals surface area (Å²) in [4.78, 5) is 14.3. The highest BCUT2D eigenvalue weighted by Crippen LogP contribution is 2.23. The first kappa shape index (κ1) is 17.3. The summed E-state index contributed by atoms with van der Waals surface area (Å²) in [5, 5.41) is 2.86. The first-order chi connectivity index (χ1) is 9.99. The predicted molar refractivity (Wildman–Crippen MR) is 87.6 cm³/mol. The summed E-state index contributed by atoms with van der Waals surface area (Å²) in [6, 6.07) is 5.24. The number of likely N-dealkylation sites (N-methyl/N-ethyl adjacent to an activating group) is 1. The van der Waals surface area contributed by atoms with E-state index in [1.165, 1.54) is 0 Å². The van der Waals surface area contributed by atoms with Gasteiger partial charge in [-0.3, -0.25) is 9.69 Å². The molecule has 5 nitrogen and oxygen atoms in total. The lowest BCUT2D eigenvalue weighted by atomic mass is 10.1. The average molecular weight is 293 g/mol. The molecule has 0 bridgehead atoms.